The van der Waals surface area contributed by atoms with E-state index in [4.69, 9.17) is 15.2 Å². The van der Waals surface area contributed by atoms with Crippen LogP contribution in [0, 0.1) is 11.6 Å². The molecule has 2 rings (SSSR count). The molecule has 0 aliphatic carbocycles. The van der Waals surface area contributed by atoms with Gasteiger partial charge in [0.05, 0.1) is 6.10 Å². The van der Waals surface area contributed by atoms with Crippen LogP contribution in [0.15, 0.2) is 36.4 Å². The number of halogens is 2. The summed E-state index contributed by atoms with van der Waals surface area (Å²) in [5.74, 6) is -0.840. The van der Waals surface area contributed by atoms with Gasteiger partial charge in [0.1, 0.15) is 17.3 Å². The predicted molar refractivity (Wildman–Crippen MR) is 73.1 cm³/mol. The van der Waals surface area contributed by atoms with Crippen LogP contribution in [0.4, 0.5) is 14.5 Å². The van der Waals surface area contributed by atoms with E-state index in [2.05, 4.69) is 0 Å². The van der Waals surface area contributed by atoms with Gasteiger partial charge in [-0.3, -0.25) is 0 Å². The van der Waals surface area contributed by atoms with Crippen LogP contribution in [-0.2, 0) is 0 Å². The van der Waals surface area contributed by atoms with Gasteiger partial charge in [-0.1, -0.05) is 6.07 Å². The molecule has 106 valence electrons. The van der Waals surface area contributed by atoms with Crippen LogP contribution in [0.3, 0.4) is 0 Å². The highest BCUT2D eigenvalue weighted by molar-refractivity contribution is 5.63. The topological polar surface area (TPSA) is 44.5 Å². The van der Waals surface area contributed by atoms with Crippen molar-refractivity contribution in [3.05, 3.63) is 48.0 Å². The Labute approximate surface area is 115 Å². The molecule has 20 heavy (non-hydrogen) atoms. The van der Waals surface area contributed by atoms with Gasteiger partial charge in [-0.15, -0.1) is 0 Å². The minimum atomic E-state index is -0.792. The van der Waals surface area contributed by atoms with Crippen LogP contribution in [0.1, 0.15) is 13.8 Å². The quantitative estimate of drug-likeness (QED) is 0.856. The lowest BCUT2D eigenvalue weighted by molar-refractivity contribution is 0.243. The van der Waals surface area contributed by atoms with Crippen molar-refractivity contribution in [2.75, 3.05) is 5.73 Å². The highest BCUT2D eigenvalue weighted by Gasteiger charge is 2.12. The molecular formula is C15H15F2NO2. The van der Waals surface area contributed by atoms with Crippen molar-refractivity contribution in [1.29, 1.82) is 0 Å². The average Bonchev–Trinajstić information content (AvgIpc) is 2.36. The third-order valence-electron chi connectivity index (χ3n) is 2.50. The van der Waals surface area contributed by atoms with Gasteiger partial charge in [0, 0.05) is 6.07 Å². The van der Waals surface area contributed by atoms with Gasteiger partial charge in [-0.05, 0) is 38.1 Å². The Kier molecular flexibility index (Phi) is 4.08. The summed E-state index contributed by atoms with van der Waals surface area (Å²) >= 11 is 0. The predicted octanol–water partition coefficient (Wildman–Crippen LogP) is 4.13. The number of hydrogen-bond donors (Lipinski definition) is 1. The summed E-state index contributed by atoms with van der Waals surface area (Å²) in [6.45, 7) is 3.74. The van der Waals surface area contributed by atoms with E-state index in [1.165, 1.54) is 6.07 Å². The minimum absolute atomic E-state index is 0.0462. The molecular weight excluding hydrogens is 264 g/mol. The number of benzene rings is 2. The maximum Gasteiger partial charge on any atom is 0.168 e. The van der Waals surface area contributed by atoms with Crippen LogP contribution in [0.25, 0.3) is 0 Å². The van der Waals surface area contributed by atoms with Crippen LogP contribution in [-0.4, -0.2) is 6.10 Å². The third kappa shape index (κ3) is 3.17. The molecule has 0 heterocycles. The smallest absolute Gasteiger partial charge is 0.168 e. The van der Waals surface area contributed by atoms with Crippen molar-refractivity contribution < 1.29 is 18.3 Å². The molecule has 0 atom stereocenters. The zero-order valence-electron chi connectivity index (χ0n) is 11.2. The second-order valence-corrected chi connectivity index (χ2v) is 4.51. The SMILES string of the molecule is CC(C)Oc1cccc(Oc2ccc(F)cc2F)c1N. The van der Waals surface area contributed by atoms with Crippen LogP contribution in [0.2, 0.25) is 0 Å². The van der Waals surface area contributed by atoms with E-state index in [1.807, 2.05) is 13.8 Å². The summed E-state index contributed by atoms with van der Waals surface area (Å²) in [6, 6.07) is 8.04. The van der Waals surface area contributed by atoms with Gasteiger partial charge in [0.15, 0.2) is 17.3 Å². The second-order valence-electron chi connectivity index (χ2n) is 4.51. The lowest BCUT2D eigenvalue weighted by Crippen LogP contribution is -2.07. The molecule has 0 bridgehead atoms. The Morgan fingerprint density at radius 2 is 1.70 bits per heavy atom. The van der Waals surface area contributed by atoms with Gasteiger partial charge in [0.25, 0.3) is 0 Å². The Bertz CT molecular complexity index is 615. The molecule has 0 amide bonds. The molecule has 0 aliphatic heterocycles. The van der Waals surface area contributed by atoms with Crippen LogP contribution < -0.4 is 15.2 Å². The standard InChI is InChI=1S/C15H15F2NO2/c1-9(2)19-13-4-3-5-14(15(13)18)20-12-7-6-10(16)8-11(12)17/h3-9H,18H2,1-2H3. The largest absolute Gasteiger partial charge is 0.489 e. The van der Waals surface area contributed by atoms with E-state index in [0.717, 1.165) is 12.1 Å². The van der Waals surface area contributed by atoms with Crippen molar-refractivity contribution in [2.45, 2.75) is 20.0 Å². The summed E-state index contributed by atoms with van der Waals surface area (Å²) in [5, 5.41) is 0. The molecule has 0 aromatic heterocycles. The van der Waals surface area contributed by atoms with Gasteiger partial charge in [0.2, 0.25) is 0 Å². The molecule has 2 aromatic carbocycles. The first kappa shape index (κ1) is 14.1. The first-order valence-electron chi connectivity index (χ1n) is 6.15. The molecule has 0 saturated heterocycles. The lowest BCUT2D eigenvalue weighted by atomic mass is 10.2. The number of hydrogen-bond acceptors (Lipinski definition) is 3. The fourth-order valence-electron chi connectivity index (χ4n) is 1.65. The summed E-state index contributed by atoms with van der Waals surface area (Å²) < 4.78 is 37.3. The lowest BCUT2D eigenvalue weighted by Gasteiger charge is -2.15. The van der Waals surface area contributed by atoms with Gasteiger partial charge < -0.3 is 15.2 Å². The maximum atomic E-state index is 13.5. The Morgan fingerprint density at radius 3 is 2.35 bits per heavy atom. The zero-order valence-corrected chi connectivity index (χ0v) is 11.2. The van der Waals surface area contributed by atoms with Crippen molar-refractivity contribution in [3.63, 3.8) is 0 Å². The first-order valence-corrected chi connectivity index (χ1v) is 6.15. The zero-order chi connectivity index (χ0) is 14.7. The first-order chi connectivity index (χ1) is 9.47. The normalized spacial score (nSPS) is 10.7. The fourth-order valence-corrected chi connectivity index (χ4v) is 1.65. The number of nitrogen functional groups attached to an aromatic ring is 1. The summed E-state index contributed by atoms with van der Waals surface area (Å²) in [7, 11) is 0. The summed E-state index contributed by atoms with van der Waals surface area (Å²) in [4.78, 5) is 0. The van der Waals surface area contributed by atoms with Crippen LogP contribution >= 0.6 is 0 Å². The minimum Gasteiger partial charge on any atom is -0.489 e. The van der Waals surface area contributed by atoms with E-state index < -0.39 is 11.6 Å². The number of anilines is 1. The van der Waals surface area contributed by atoms with Crippen LogP contribution in [0.5, 0.6) is 17.2 Å². The molecule has 0 radical (unpaired) electrons. The Morgan fingerprint density at radius 1 is 1.00 bits per heavy atom. The molecule has 5 heteroatoms. The number of ether oxygens (including phenoxy) is 2. The Hall–Kier alpha value is -2.30. The highest BCUT2D eigenvalue weighted by Crippen LogP contribution is 2.35. The van der Waals surface area contributed by atoms with Crippen molar-refractivity contribution in [1.82, 2.24) is 0 Å². The van der Waals surface area contributed by atoms with E-state index in [9.17, 15) is 8.78 Å². The molecule has 0 unspecified atom stereocenters. The van der Waals surface area contributed by atoms with Crippen molar-refractivity contribution in [2.24, 2.45) is 0 Å². The van der Waals surface area contributed by atoms with E-state index in [1.54, 1.807) is 18.2 Å². The van der Waals surface area contributed by atoms with Gasteiger partial charge in [-0.2, -0.15) is 0 Å². The molecule has 0 aliphatic rings. The third-order valence-corrected chi connectivity index (χ3v) is 2.50. The summed E-state index contributed by atoms with van der Waals surface area (Å²) in [6.07, 6.45) is -0.0462. The fraction of sp³-hybridized carbons (Fsp3) is 0.200. The molecule has 0 fully saturated rings. The van der Waals surface area contributed by atoms with Crippen molar-refractivity contribution >= 4 is 5.69 Å². The molecule has 2 aromatic rings. The maximum absolute atomic E-state index is 13.5. The summed E-state index contributed by atoms with van der Waals surface area (Å²) in [5.41, 5.74) is 6.18. The number of para-hydroxylation sites is 1. The Balaban J connectivity index is 2.29. The molecule has 3 nitrogen and oxygen atoms in total. The second kappa shape index (κ2) is 5.77. The highest BCUT2D eigenvalue weighted by atomic mass is 19.1. The van der Waals surface area contributed by atoms with E-state index >= 15 is 0 Å². The van der Waals surface area contributed by atoms with E-state index in [-0.39, 0.29) is 23.3 Å². The average molecular weight is 279 g/mol. The number of rotatable bonds is 4. The molecule has 0 spiro atoms. The van der Waals surface area contributed by atoms with Gasteiger partial charge >= 0.3 is 0 Å². The monoisotopic (exact) mass is 279 g/mol. The van der Waals surface area contributed by atoms with Gasteiger partial charge in [-0.25, -0.2) is 8.78 Å². The molecule has 0 saturated carbocycles. The molecule has 2 N–H and O–H groups in total. The van der Waals surface area contributed by atoms with E-state index in [0.29, 0.717) is 5.75 Å². The number of nitrogens with two attached hydrogens (primary N) is 1. The van der Waals surface area contributed by atoms with Crippen molar-refractivity contribution in [3.8, 4) is 17.2 Å².